The molecule has 3 fully saturated rings. The third-order valence-electron chi connectivity index (χ3n) is 5.14. The second kappa shape index (κ2) is 5.85. The second-order valence-corrected chi connectivity index (χ2v) is 6.67. The molecule has 5 rings (SSSR count). The normalized spacial score (nSPS) is 28.9. The van der Waals surface area contributed by atoms with Crippen molar-refractivity contribution in [2.45, 2.75) is 18.4 Å². The molecule has 0 aliphatic carbocycles. The third-order valence-corrected chi connectivity index (χ3v) is 5.14. The predicted molar refractivity (Wildman–Crippen MR) is 92.9 cm³/mol. The van der Waals surface area contributed by atoms with E-state index in [4.69, 9.17) is 0 Å². The monoisotopic (exact) mass is 303 g/mol. The molecule has 1 N–H and O–H groups in total. The van der Waals surface area contributed by atoms with Crippen molar-refractivity contribution < 1.29 is 5.11 Å². The molecule has 2 nitrogen and oxygen atoms in total. The van der Waals surface area contributed by atoms with Crippen LogP contribution in [0.2, 0.25) is 0 Å². The van der Waals surface area contributed by atoms with Crippen LogP contribution in [0.1, 0.15) is 18.4 Å². The fraction of sp³-hybridized carbons (Fsp3) is 0.333. The van der Waals surface area contributed by atoms with Crippen molar-refractivity contribution in [2.75, 3.05) is 19.6 Å². The van der Waals surface area contributed by atoms with Gasteiger partial charge < -0.3 is 5.11 Å². The number of aliphatic hydroxyl groups is 1. The molecule has 0 saturated carbocycles. The molecule has 3 aliphatic heterocycles. The molecule has 23 heavy (non-hydrogen) atoms. The van der Waals surface area contributed by atoms with Gasteiger partial charge in [0.05, 0.1) is 0 Å². The highest BCUT2D eigenvalue weighted by atomic mass is 16.3. The number of benzene rings is 2. The molecule has 0 amide bonds. The lowest BCUT2D eigenvalue weighted by molar-refractivity contribution is -0.0713. The Morgan fingerprint density at radius 2 is 1.57 bits per heavy atom. The SMILES string of the molecule is OC1(C#Cc2ccc(-c3ccccc3)cc2)CN2CCC1CC2. The maximum atomic E-state index is 10.8. The summed E-state index contributed by atoms with van der Waals surface area (Å²) in [7, 11) is 0. The summed E-state index contributed by atoms with van der Waals surface area (Å²) in [4.78, 5) is 2.33. The van der Waals surface area contributed by atoms with Crippen LogP contribution in [0.25, 0.3) is 11.1 Å². The molecule has 3 saturated heterocycles. The van der Waals surface area contributed by atoms with E-state index < -0.39 is 5.60 Å². The highest BCUT2D eigenvalue weighted by molar-refractivity contribution is 5.64. The molecule has 2 bridgehead atoms. The number of nitrogens with zero attached hydrogens (tertiary/aromatic N) is 1. The maximum absolute atomic E-state index is 10.8. The van der Waals surface area contributed by atoms with Crippen molar-refractivity contribution in [2.24, 2.45) is 5.92 Å². The summed E-state index contributed by atoms with van der Waals surface area (Å²) >= 11 is 0. The first-order valence-electron chi connectivity index (χ1n) is 8.36. The van der Waals surface area contributed by atoms with E-state index in [2.05, 4.69) is 41.0 Å². The highest BCUT2D eigenvalue weighted by Gasteiger charge is 2.44. The van der Waals surface area contributed by atoms with Gasteiger partial charge in [-0.1, -0.05) is 54.3 Å². The molecule has 2 aromatic carbocycles. The van der Waals surface area contributed by atoms with E-state index in [0.717, 1.165) is 31.5 Å². The van der Waals surface area contributed by atoms with E-state index in [1.165, 1.54) is 11.1 Å². The van der Waals surface area contributed by atoms with Crippen molar-refractivity contribution in [3.63, 3.8) is 0 Å². The Kier molecular flexibility index (Phi) is 3.69. The summed E-state index contributed by atoms with van der Waals surface area (Å²) < 4.78 is 0. The zero-order valence-corrected chi connectivity index (χ0v) is 13.2. The summed E-state index contributed by atoms with van der Waals surface area (Å²) in [5.41, 5.74) is 2.55. The highest BCUT2D eigenvalue weighted by Crippen LogP contribution is 2.35. The van der Waals surface area contributed by atoms with Crippen molar-refractivity contribution in [3.8, 4) is 23.0 Å². The molecule has 2 aromatic rings. The summed E-state index contributed by atoms with van der Waals surface area (Å²) in [5.74, 6) is 6.70. The molecule has 1 atom stereocenters. The standard InChI is InChI=1S/C21H21NO/c23-21(16-22-14-11-20(21)12-15-22)13-10-17-6-8-19(9-7-17)18-4-2-1-3-5-18/h1-9,20,23H,11-12,14-16H2. The first kappa shape index (κ1) is 14.5. The molecule has 3 heterocycles. The van der Waals surface area contributed by atoms with Gasteiger partial charge in [0, 0.05) is 18.0 Å². The maximum Gasteiger partial charge on any atom is 0.141 e. The molecule has 2 heteroatoms. The topological polar surface area (TPSA) is 23.5 Å². The first-order valence-corrected chi connectivity index (χ1v) is 8.36. The number of fused-ring (bicyclic) bond motifs is 3. The van der Waals surface area contributed by atoms with Crippen molar-refractivity contribution >= 4 is 0 Å². The first-order chi connectivity index (χ1) is 11.2. The summed E-state index contributed by atoms with van der Waals surface area (Å²) in [6, 6.07) is 18.6. The van der Waals surface area contributed by atoms with E-state index in [-0.39, 0.29) is 0 Å². The van der Waals surface area contributed by atoms with Crippen molar-refractivity contribution in [1.29, 1.82) is 0 Å². The van der Waals surface area contributed by atoms with Gasteiger partial charge in [-0.3, -0.25) is 4.90 Å². The Hall–Kier alpha value is -2.08. The average Bonchev–Trinajstić information content (AvgIpc) is 2.62. The van der Waals surface area contributed by atoms with Gasteiger partial charge in [-0.2, -0.15) is 0 Å². The van der Waals surface area contributed by atoms with Crippen LogP contribution in [0, 0.1) is 17.8 Å². The zero-order valence-electron chi connectivity index (χ0n) is 13.2. The Bertz CT molecular complexity index is 733. The zero-order chi connectivity index (χ0) is 15.7. The van der Waals surface area contributed by atoms with Crippen LogP contribution >= 0.6 is 0 Å². The van der Waals surface area contributed by atoms with Crippen molar-refractivity contribution in [1.82, 2.24) is 4.90 Å². The van der Waals surface area contributed by atoms with Crippen LogP contribution in [0.4, 0.5) is 0 Å². The number of hydrogen-bond donors (Lipinski definition) is 1. The second-order valence-electron chi connectivity index (χ2n) is 6.67. The summed E-state index contributed by atoms with van der Waals surface area (Å²) in [6.07, 6.45) is 2.14. The van der Waals surface area contributed by atoms with Crippen molar-refractivity contribution in [3.05, 3.63) is 60.2 Å². The Balaban J connectivity index is 1.54. The number of rotatable bonds is 1. The van der Waals surface area contributed by atoms with Crippen LogP contribution in [0.5, 0.6) is 0 Å². The van der Waals surface area contributed by atoms with Gasteiger partial charge in [-0.05, 0) is 49.2 Å². The van der Waals surface area contributed by atoms with Gasteiger partial charge in [0.2, 0.25) is 0 Å². The Morgan fingerprint density at radius 3 is 2.17 bits per heavy atom. The smallest absolute Gasteiger partial charge is 0.141 e. The van der Waals surface area contributed by atoms with E-state index in [1.807, 2.05) is 30.3 Å². The molecular formula is C21H21NO. The number of piperidine rings is 3. The molecule has 116 valence electrons. The average molecular weight is 303 g/mol. The van der Waals surface area contributed by atoms with Crippen LogP contribution in [-0.4, -0.2) is 35.2 Å². The minimum atomic E-state index is -0.825. The van der Waals surface area contributed by atoms with Crippen LogP contribution in [0.3, 0.4) is 0 Å². The van der Waals surface area contributed by atoms with E-state index in [1.54, 1.807) is 0 Å². The fourth-order valence-electron chi connectivity index (χ4n) is 3.74. The fourth-order valence-corrected chi connectivity index (χ4v) is 3.74. The Morgan fingerprint density at radius 1 is 0.913 bits per heavy atom. The molecule has 0 radical (unpaired) electrons. The molecule has 3 aliphatic rings. The van der Waals surface area contributed by atoms with Crippen LogP contribution in [0.15, 0.2) is 54.6 Å². The van der Waals surface area contributed by atoms with Gasteiger partial charge in [-0.15, -0.1) is 0 Å². The van der Waals surface area contributed by atoms with Gasteiger partial charge in [0.1, 0.15) is 5.60 Å². The lowest BCUT2D eigenvalue weighted by Crippen LogP contribution is -2.58. The largest absolute Gasteiger partial charge is 0.376 e. The molecular weight excluding hydrogens is 282 g/mol. The molecule has 0 aromatic heterocycles. The minimum absolute atomic E-state index is 0.337. The van der Waals surface area contributed by atoms with Gasteiger partial charge in [0.25, 0.3) is 0 Å². The van der Waals surface area contributed by atoms with Crippen LogP contribution < -0.4 is 0 Å². The van der Waals surface area contributed by atoms with Gasteiger partial charge in [-0.25, -0.2) is 0 Å². The van der Waals surface area contributed by atoms with E-state index in [0.29, 0.717) is 12.5 Å². The quantitative estimate of drug-likeness (QED) is 0.818. The summed E-state index contributed by atoms with van der Waals surface area (Å²) in [5, 5.41) is 10.8. The van der Waals surface area contributed by atoms with Crippen LogP contribution in [-0.2, 0) is 0 Å². The lowest BCUT2D eigenvalue weighted by Gasteiger charge is -2.47. The molecule has 0 spiro atoms. The third kappa shape index (κ3) is 2.91. The number of hydrogen-bond acceptors (Lipinski definition) is 2. The van der Waals surface area contributed by atoms with Gasteiger partial charge in [0.15, 0.2) is 0 Å². The minimum Gasteiger partial charge on any atom is -0.376 e. The predicted octanol–water partition coefficient (Wildman–Crippen LogP) is 3.16. The molecule has 1 unspecified atom stereocenters. The lowest BCUT2D eigenvalue weighted by atomic mass is 9.76. The van der Waals surface area contributed by atoms with Gasteiger partial charge >= 0.3 is 0 Å². The van der Waals surface area contributed by atoms with E-state index in [9.17, 15) is 5.11 Å². The van der Waals surface area contributed by atoms with E-state index >= 15 is 0 Å². The summed E-state index contributed by atoms with van der Waals surface area (Å²) in [6.45, 7) is 2.92. The Labute approximate surface area is 137 Å².